The number of hydrogen-bond acceptors (Lipinski definition) is 6. The molecule has 6 nitrogen and oxygen atoms in total. The van der Waals surface area contributed by atoms with Crippen molar-refractivity contribution in [2.75, 3.05) is 37.1 Å². The Morgan fingerprint density at radius 2 is 1.81 bits per heavy atom. The Kier molecular flexibility index (Phi) is 4.32. The van der Waals surface area contributed by atoms with Gasteiger partial charge in [0.25, 0.3) is 0 Å². The molecule has 0 saturated carbocycles. The maximum atomic E-state index is 12.0. The lowest BCUT2D eigenvalue weighted by atomic mass is 10.2. The average Bonchev–Trinajstić information content (AvgIpc) is 2.36. The van der Waals surface area contributed by atoms with E-state index < -0.39 is 19.7 Å². The fourth-order valence-electron chi connectivity index (χ4n) is 2.32. The van der Waals surface area contributed by atoms with E-state index in [0.29, 0.717) is 25.4 Å². The molecule has 118 valence electrons. The lowest BCUT2D eigenvalue weighted by Gasteiger charge is -2.34. The molecule has 1 saturated heterocycles. The van der Waals surface area contributed by atoms with Gasteiger partial charge >= 0.3 is 0 Å². The third-order valence-corrected chi connectivity index (χ3v) is 5.58. The maximum Gasteiger partial charge on any atom is 0.177 e. The van der Waals surface area contributed by atoms with E-state index >= 15 is 0 Å². The van der Waals surface area contributed by atoms with Gasteiger partial charge in [0.05, 0.1) is 28.2 Å². The molecule has 0 radical (unpaired) electrons. The van der Waals surface area contributed by atoms with Gasteiger partial charge in [-0.15, -0.1) is 0 Å². The predicted octanol–water partition coefficient (Wildman–Crippen LogP) is 0.719. The number of morpholine rings is 1. The summed E-state index contributed by atoms with van der Waals surface area (Å²) < 4.78 is 52.7. The first-order chi connectivity index (χ1) is 9.59. The van der Waals surface area contributed by atoms with Crippen LogP contribution in [-0.4, -0.2) is 55.1 Å². The third kappa shape index (κ3) is 3.75. The van der Waals surface area contributed by atoms with Gasteiger partial charge < -0.3 is 9.64 Å². The molecule has 0 N–H and O–H groups in total. The van der Waals surface area contributed by atoms with Gasteiger partial charge in [0, 0.05) is 25.6 Å². The monoisotopic (exact) mass is 333 g/mol. The van der Waals surface area contributed by atoms with E-state index in [9.17, 15) is 16.8 Å². The minimum atomic E-state index is -3.53. The highest BCUT2D eigenvalue weighted by atomic mass is 32.2. The highest BCUT2D eigenvalue weighted by Gasteiger charge is 2.24. The number of rotatable bonds is 3. The Morgan fingerprint density at radius 3 is 2.33 bits per heavy atom. The van der Waals surface area contributed by atoms with Crippen molar-refractivity contribution in [3.8, 4) is 0 Å². The van der Waals surface area contributed by atoms with Crippen LogP contribution in [0, 0.1) is 0 Å². The van der Waals surface area contributed by atoms with E-state index in [1.54, 1.807) is 6.07 Å². The topological polar surface area (TPSA) is 80.8 Å². The molecule has 1 aliphatic heterocycles. The molecule has 0 unspecified atom stereocenters. The zero-order chi connectivity index (χ0) is 15.8. The summed E-state index contributed by atoms with van der Waals surface area (Å²) in [6.45, 7) is 3.57. The van der Waals surface area contributed by atoms with Crippen molar-refractivity contribution in [1.82, 2.24) is 0 Å². The Morgan fingerprint density at radius 1 is 1.14 bits per heavy atom. The van der Waals surface area contributed by atoms with Crippen molar-refractivity contribution in [2.45, 2.75) is 22.8 Å². The number of sulfone groups is 2. The van der Waals surface area contributed by atoms with Crippen molar-refractivity contribution < 1.29 is 21.6 Å². The van der Waals surface area contributed by atoms with Crippen LogP contribution in [0.25, 0.3) is 0 Å². The molecule has 0 bridgehead atoms. The van der Waals surface area contributed by atoms with Crippen molar-refractivity contribution in [3.63, 3.8) is 0 Å². The third-order valence-electron chi connectivity index (χ3n) is 3.34. The van der Waals surface area contributed by atoms with Crippen LogP contribution in [0.2, 0.25) is 0 Å². The minimum Gasteiger partial charge on any atom is -0.375 e. The lowest BCUT2D eigenvalue weighted by Crippen LogP contribution is -2.41. The molecule has 1 fully saturated rings. The summed E-state index contributed by atoms with van der Waals surface area (Å²) >= 11 is 0. The van der Waals surface area contributed by atoms with Gasteiger partial charge in [0.15, 0.2) is 19.7 Å². The molecule has 1 aromatic rings. The van der Waals surface area contributed by atoms with Crippen LogP contribution in [0.5, 0.6) is 0 Å². The summed E-state index contributed by atoms with van der Waals surface area (Å²) in [7, 11) is -6.98. The van der Waals surface area contributed by atoms with E-state index in [0.717, 1.165) is 12.5 Å². The Balaban J connectivity index is 2.56. The molecule has 1 aliphatic rings. The maximum absolute atomic E-state index is 12.0. The van der Waals surface area contributed by atoms with Crippen LogP contribution in [0.4, 0.5) is 5.69 Å². The standard InChI is InChI=1S/C13H19NO5S2/c1-10-9-14(6-7-19-10)12-5-4-11(20(2,15)16)8-13(12)21(3,17)18/h4-5,8,10H,6-7,9H2,1-3H3/t10-/m0/s1. The highest BCUT2D eigenvalue weighted by Crippen LogP contribution is 2.29. The first-order valence-electron chi connectivity index (χ1n) is 6.50. The van der Waals surface area contributed by atoms with Crippen LogP contribution < -0.4 is 4.90 Å². The number of ether oxygens (including phenoxy) is 1. The molecule has 1 heterocycles. The molecular weight excluding hydrogens is 314 g/mol. The SMILES string of the molecule is C[C@H]1CN(c2ccc(S(C)(=O)=O)cc2S(C)(=O)=O)CCO1. The second-order valence-electron chi connectivity index (χ2n) is 5.30. The van der Waals surface area contributed by atoms with Crippen LogP contribution in [0.1, 0.15) is 6.92 Å². The van der Waals surface area contributed by atoms with E-state index in [1.807, 2.05) is 11.8 Å². The number of anilines is 1. The Hall–Kier alpha value is -1.12. The lowest BCUT2D eigenvalue weighted by molar-refractivity contribution is 0.0530. The van der Waals surface area contributed by atoms with E-state index in [2.05, 4.69) is 0 Å². The largest absolute Gasteiger partial charge is 0.375 e. The molecule has 0 aromatic heterocycles. The van der Waals surface area contributed by atoms with Gasteiger partial charge in [-0.2, -0.15) is 0 Å². The second kappa shape index (κ2) is 5.58. The average molecular weight is 333 g/mol. The highest BCUT2D eigenvalue weighted by molar-refractivity contribution is 7.91. The fraction of sp³-hybridized carbons (Fsp3) is 0.538. The molecule has 1 atom stereocenters. The Labute approximate surface area is 125 Å². The predicted molar refractivity (Wildman–Crippen MR) is 80.3 cm³/mol. The van der Waals surface area contributed by atoms with Gasteiger partial charge in [0.2, 0.25) is 0 Å². The molecule has 21 heavy (non-hydrogen) atoms. The van der Waals surface area contributed by atoms with E-state index in [-0.39, 0.29) is 15.9 Å². The van der Waals surface area contributed by atoms with Crippen molar-refractivity contribution in [1.29, 1.82) is 0 Å². The molecule has 0 spiro atoms. The minimum absolute atomic E-state index is 0.000689. The smallest absolute Gasteiger partial charge is 0.177 e. The first kappa shape index (κ1) is 16.3. The van der Waals surface area contributed by atoms with Gasteiger partial charge in [-0.3, -0.25) is 0 Å². The second-order valence-corrected chi connectivity index (χ2v) is 9.30. The molecule has 0 amide bonds. The molecule has 8 heteroatoms. The number of hydrogen-bond donors (Lipinski definition) is 0. The fourth-order valence-corrected chi connectivity index (χ4v) is 3.96. The van der Waals surface area contributed by atoms with Crippen LogP contribution in [0.3, 0.4) is 0 Å². The van der Waals surface area contributed by atoms with Crippen LogP contribution in [0.15, 0.2) is 28.0 Å². The Bertz CT molecular complexity index is 740. The van der Waals surface area contributed by atoms with E-state index in [1.165, 1.54) is 12.1 Å². The zero-order valence-electron chi connectivity index (χ0n) is 12.2. The van der Waals surface area contributed by atoms with Crippen molar-refractivity contribution >= 4 is 25.4 Å². The summed E-state index contributed by atoms with van der Waals surface area (Å²) in [5.74, 6) is 0. The van der Waals surface area contributed by atoms with Crippen LogP contribution >= 0.6 is 0 Å². The molecule has 0 aliphatic carbocycles. The number of benzene rings is 1. The quantitative estimate of drug-likeness (QED) is 0.811. The summed E-state index contributed by atoms with van der Waals surface area (Å²) in [4.78, 5) is 1.96. The molecule has 2 rings (SSSR count). The number of nitrogens with zero attached hydrogens (tertiary/aromatic N) is 1. The summed E-state index contributed by atoms with van der Waals surface area (Å²) in [6.07, 6.45) is 2.15. The molecular formula is C13H19NO5S2. The summed E-state index contributed by atoms with van der Waals surface area (Å²) in [5, 5.41) is 0. The van der Waals surface area contributed by atoms with Crippen molar-refractivity contribution in [2.24, 2.45) is 0 Å². The van der Waals surface area contributed by atoms with E-state index in [4.69, 9.17) is 4.74 Å². The van der Waals surface area contributed by atoms with Crippen molar-refractivity contribution in [3.05, 3.63) is 18.2 Å². The van der Waals surface area contributed by atoms with Gasteiger partial charge in [0.1, 0.15) is 0 Å². The normalized spacial score (nSPS) is 20.5. The summed E-state index contributed by atoms with van der Waals surface area (Å²) in [5.41, 5.74) is 0.528. The van der Waals surface area contributed by atoms with Gasteiger partial charge in [-0.25, -0.2) is 16.8 Å². The summed E-state index contributed by atoms with van der Waals surface area (Å²) in [6, 6.07) is 4.24. The first-order valence-corrected chi connectivity index (χ1v) is 10.3. The van der Waals surface area contributed by atoms with Crippen LogP contribution in [-0.2, 0) is 24.4 Å². The zero-order valence-corrected chi connectivity index (χ0v) is 13.9. The van der Waals surface area contributed by atoms with Gasteiger partial charge in [-0.1, -0.05) is 0 Å². The molecule has 1 aromatic carbocycles. The van der Waals surface area contributed by atoms with Gasteiger partial charge in [-0.05, 0) is 25.1 Å².